The summed E-state index contributed by atoms with van der Waals surface area (Å²) in [4.78, 5) is 0. The molecular formula is C20H34O2. The summed E-state index contributed by atoms with van der Waals surface area (Å²) in [5, 5.41) is 22.8. The van der Waals surface area contributed by atoms with Crippen LogP contribution < -0.4 is 0 Å². The molecule has 0 aromatic carbocycles. The van der Waals surface area contributed by atoms with Crippen LogP contribution in [0.2, 0.25) is 0 Å². The number of aliphatic hydroxyl groups is 2. The van der Waals surface area contributed by atoms with E-state index in [1.807, 2.05) is 6.92 Å². The lowest BCUT2D eigenvalue weighted by molar-refractivity contribution is -0.273. The highest BCUT2D eigenvalue weighted by Gasteiger charge is 2.65. The van der Waals surface area contributed by atoms with E-state index in [4.69, 9.17) is 0 Å². The van der Waals surface area contributed by atoms with Gasteiger partial charge in [0.15, 0.2) is 0 Å². The first-order valence-corrected chi connectivity index (χ1v) is 8.75. The normalized spacial score (nSPS) is 44.2. The molecule has 4 atom stereocenters. The van der Waals surface area contributed by atoms with Crippen molar-refractivity contribution in [2.45, 2.75) is 83.8 Å². The van der Waals surface area contributed by atoms with Gasteiger partial charge < -0.3 is 10.2 Å². The molecule has 2 fully saturated rings. The van der Waals surface area contributed by atoms with E-state index in [1.165, 1.54) is 6.42 Å². The second-order valence-electron chi connectivity index (χ2n) is 8.85. The van der Waals surface area contributed by atoms with Crippen LogP contribution in [0.25, 0.3) is 0 Å². The van der Waals surface area contributed by atoms with Crippen LogP contribution >= 0.6 is 0 Å². The Kier molecular flexibility index (Phi) is 4.43. The Labute approximate surface area is 136 Å². The Morgan fingerprint density at radius 1 is 1.14 bits per heavy atom. The molecule has 2 N–H and O–H groups in total. The quantitative estimate of drug-likeness (QED) is 0.744. The zero-order valence-electron chi connectivity index (χ0n) is 14.9. The molecule has 0 heterocycles. The summed E-state index contributed by atoms with van der Waals surface area (Å²) < 4.78 is 0. The molecular weight excluding hydrogens is 272 g/mol. The van der Waals surface area contributed by atoms with Gasteiger partial charge in [0.2, 0.25) is 0 Å². The molecule has 2 saturated carbocycles. The first-order valence-electron chi connectivity index (χ1n) is 8.75. The molecule has 2 rings (SSSR count). The third-order valence-electron chi connectivity index (χ3n) is 7.08. The van der Waals surface area contributed by atoms with Gasteiger partial charge in [0.25, 0.3) is 0 Å². The van der Waals surface area contributed by atoms with Gasteiger partial charge in [0, 0.05) is 5.41 Å². The Hall–Kier alpha value is -0.600. The van der Waals surface area contributed by atoms with Crippen molar-refractivity contribution >= 4 is 0 Å². The molecule has 0 amide bonds. The van der Waals surface area contributed by atoms with Crippen molar-refractivity contribution in [1.82, 2.24) is 0 Å². The molecule has 126 valence electrons. The van der Waals surface area contributed by atoms with Crippen molar-refractivity contribution in [3.8, 4) is 0 Å². The number of fused-ring (bicyclic) bond motifs is 1. The van der Waals surface area contributed by atoms with Crippen molar-refractivity contribution in [3.05, 3.63) is 24.8 Å². The highest BCUT2D eigenvalue weighted by atomic mass is 16.4. The van der Waals surface area contributed by atoms with Gasteiger partial charge in [-0.15, -0.1) is 0 Å². The average Bonchev–Trinajstić information content (AvgIpc) is 2.41. The van der Waals surface area contributed by atoms with Crippen molar-refractivity contribution < 1.29 is 10.2 Å². The van der Waals surface area contributed by atoms with E-state index in [2.05, 4.69) is 33.9 Å². The predicted octanol–water partition coefficient (Wildman–Crippen LogP) is 4.62. The van der Waals surface area contributed by atoms with Gasteiger partial charge in [-0.3, -0.25) is 0 Å². The van der Waals surface area contributed by atoms with Crippen LogP contribution in [0.1, 0.15) is 72.6 Å². The molecule has 0 aromatic heterocycles. The minimum absolute atomic E-state index is 0.229. The average molecular weight is 306 g/mol. The maximum atomic E-state index is 11.7. The van der Waals surface area contributed by atoms with Crippen LogP contribution in [-0.2, 0) is 0 Å². The van der Waals surface area contributed by atoms with Crippen LogP contribution in [0.15, 0.2) is 24.8 Å². The molecule has 2 aliphatic carbocycles. The summed E-state index contributed by atoms with van der Waals surface area (Å²) in [6, 6.07) is 0. The molecule has 0 unspecified atom stereocenters. The third kappa shape index (κ3) is 2.49. The van der Waals surface area contributed by atoms with Gasteiger partial charge in [0.1, 0.15) is 0 Å². The molecule has 0 aromatic rings. The second kappa shape index (κ2) is 5.49. The molecule has 2 aliphatic rings. The van der Waals surface area contributed by atoms with Crippen LogP contribution in [0.3, 0.4) is 0 Å². The van der Waals surface area contributed by atoms with Crippen LogP contribution in [0.4, 0.5) is 0 Å². The lowest BCUT2D eigenvalue weighted by Gasteiger charge is -2.65. The molecule has 2 nitrogen and oxygen atoms in total. The fourth-order valence-electron chi connectivity index (χ4n) is 5.57. The van der Waals surface area contributed by atoms with Gasteiger partial charge in [-0.25, -0.2) is 0 Å². The molecule has 2 heteroatoms. The van der Waals surface area contributed by atoms with E-state index in [1.54, 1.807) is 6.08 Å². The minimum atomic E-state index is -1.06. The molecule has 0 bridgehead atoms. The van der Waals surface area contributed by atoms with Gasteiger partial charge in [-0.2, -0.15) is 0 Å². The number of rotatable bonds is 4. The second-order valence-corrected chi connectivity index (χ2v) is 8.85. The third-order valence-corrected chi connectivity index (χ3v) is 7.08. The first kappa shape index (κ1) is 17.7. The van der Waals surface area contributed by atoms with Crippen LogP contribution in [0, 0.1) is 16.7 Å². The van der Waals surface area contributed by atoms with Gasteiger partial charge in [-0.05, 0) is 56.8 Å². The number of allylic oxidation sites excluding steroid dienone is 2. The number of hydrogen-bond acceptors (Lipinski definition) is 2. The fraction of sp³-hybridized carbons (Fsp3) is 0.800. The minimum Gasteiger partial charge on any atom is -0.387 e. The van der Waals surface area contributed by atoms with E-state index >= 15 is 0 Å². The van der Waals surface area contributed by atoms with E-state index in [0.717, 1.165) is 24.8 Å². The molecule has 0 radical (unpaired) electrons. The Balaban J connectivity index is 2.41. The van der Waals surface area contributed by atoms with Gasteiger partial charge in [0.05, 0.1) is 11.2 Å². The summed E-state index contributed by atoms with van der Waals surface area (Å²) in [5.41, 5.74) is -1.17. The Morgan fingerprint density at radius 2 is 1.77 bits per heavy atom. The first-order chi connectivity index (χ1) is 10.0. The highest BCUT2D eigenvalue weighted by Crippen LogP contribution is 2.64. The summed E-state index contributed by atoms with van der Waals surface area (Å²) >= 11 is 0. The lowest BCUT2D eigenvalue weighted by atomic mass is 9.43. The van der Waals surface area contributed by atoms with E-state index in [0.29, 0.717) is 25.2 Å². The number of hydrogen-bond donors (Lipinski definition) is 2. The standard InChI is InChI=1S/C20H34O2/c1-7-15(2)9-14-20(22)18(5)12-8-11-17(3,4)16(18)10-13-19(20,6)21/h7,16,21-22H,1-2,8-14H2,3-6H3/t16-,18-,19-,20-/m1/s1. The summed E-state index contributed by atoms with van der Waals surface area (Å²) in [5.74, 6) is 0.455. The zero-order chi connectivity index (χ0) is 16.8. The van der Waals surface area contributed by atoms with E-state index < -0.39 is 11.2 Å². The van der Waals surface area contributed by atoms with Crippen molar-refractivity contribution in [1.29, 1.82) is 0 Å². The maximum absolute atomic E-state index is 11.7. The zero-order valence-corrected chi connectivity index (χ0v) is 14.9. The van der Waals surface area contributed by atoms with Crippen molar-refractivity contribution in [2.75, 3.05) is 0 Å². The van der Waals surface area contributed by atoms with Gasteiger partial charge in [-0.1, -0.05) is 52.0 Å². The molecule has 0 aliphatic heterocycles. The monoisotopic (exact) mass is 306 g/mol. The Morgan fingerprint density at radius 3 is 2.36 bits per heavy atom. The Bertz CT molecular complexity index is 462. The van der Waals surface area contributed by atoms with E-state index in [-0.39, 0.29) is 10.8 Å². The lowest BCUT2D eigenvalue weighted by Crippen LogP contribution is -2.69. The predicted molar refractivity (Wildman–Crippen MR) is 92.6 cm³/mol. The summed E-state index contributed by atoms with van der Waals surface area (Å²) in [7, 11) is 0. The molecule has 0 spiro atoms. The highest BCUT2D eigenvalue weighted by molar-refractivity contribution is 5.19. The SMILES string of the molecule is C=CC(=C)CC[C@]1(O)[C@](C)(O)CC[C@@H]2C(C)(C)CCC[C@]21C. The smallest absolute Gasteiger partial charge is 0.0989 e. The maximum Gasteiger partial charge on any atom is 0.0989 e. The van der Waals surface area contributed by atoms with Gasteiger partial charge >= 0.3 is 0 Å². The molecule has 22 heavy (non-hydrogen) atoms. The van der Waals surface area contributed by atoms with Crippen molar-refractivity contribution in [3.63, 3.8) is 0 Å². The summed E-state index contributed by atoms with van der Waals surface area (Å²) in [6.07, 6.45) is 8.02. The van der Waals surface area contributed by atoms with Crippen LogP contribution in [-0.4, -0.2) is 21.4 Å². The van der Waals surface area contributed by atoms with E-state index in [9.17, 15) is 10.2 Å². The van der Waals surface area contributed by atoms with Crippen LogP contribution in [0.5, 0.6) is 0 Å². The fourth-order valence-corrected chi connectivity index (χ4v) is 5.57. The largest absolute Gasteiger partial charge is 0.387 e. The molecule has 0 saturated heterocycles. The summed E-state index contributed by atoms with van der Waals surface area (Å²) in [6.45, 7) is 16.4. The topological polar surface area (TPSA) is 40.5 Å². The van der Waals surface area contributed by atoms with Crippen molar-refractivity contribution in [2.24, 2.45) is 16.7 Å².